The Labute approximate surface area is 102 Å². The van der Waals surface area contributed by atoms with Crippen molar-refractivity contribution in [2.24, 2.45) is 0 Å². The van der Waals surface area contributed by atoms with Gasteiger partial charge in [0, 0.05) is 12.7 Å². The molecule has 0 unspecified atom stereocenters. The molecule has 7 heteroatoms. The maximum absolute atomic E-state index is 12.3. The Kier molecular flexibility index (Phi) is 3.95. The number of nitrogens with one attached hydrogen (secondary N) is 1. The predicted octanol–water partition coefficient (Wildman–Crippen LogP) is 1.60. The van der Waals surface area contributed by atoms with Crippen LogP contribution in [0.3, 0.4) is 0 Å². The Hall–Kier alpha value is -1.63. The van der Waals surface area contributed by atoms with Gasteiger partial charge in [0.05, 0.1) is 11.2 Å². The third-order valence-corrected chi connectivity index (χ3v) is 2.01. The van der Waals surface area contributed by atoms with E-state index in [-0.39, 0.29) is 12.2 Å². The van der Waals surface area contributed by atoms with Gasteiger partial charge in [-0.25, -0.2) is 0 Å². The van der Waals surface area contributed by atoms with Gasteiger partial charge in [-0.05, 0) is 26.0 Å². The molecular formula is C11H13F3N2O2. The second-order valence-electron chi connectivity index (χ2n) is 4.42. The average Bonchev–Trinajstić information content (AvgIpc) is 2.24. The molecule has 1 amide bonds. The number of aromatic nitrogens is 1. The van der Waals surface area contributed by atoms with Crippen LogP contribution in [0.25, 0.3) is 0 Å². The van der Waals surface area contributed by atoms with Crippen LogP contribution in [-0.2, 0) is 6.18 Å². The first-order chi connectivity index (χ1) is 8.09. The first-order valence-corrected chi connectivity index (χ1v) is 5.13. The number of halogens is 3. The summed E-state index contributed by atoms with van der Waals surface area (Å²) in [6.45, 7) is 2.97. The van der Waals surface area contributed by atoms with Crippen LogP contribution >= 0.6 is 0 Å². The van der Waals surface area contributed by atoms with E-state index in [2.05, 4.69) is 10.3 Å². The Morgan fingerprint density at radius 1 is 1.39 bits per heavy atom. The van der Waals surface area contributed by atoms with E-state index in [1.54, 1.807) is 0 Å². The van der Waals surface area contributed by atoms with Gasteiger partial charge in [0.15, 0.2) is 0 Å². The first-order valence-electron chi connectivity index (χ1n) is 5.13. The maximum Gasteiger partial charge on any atom is 0.417 e. The normalized spacial score (nSPS) is 12.3. The Morgan fingerprint density at radius 2 is 2.00 bits per heavy atom. The smallest absolute Gasteiger partial charge is 0.389 e. The summed E-state index contributed by atoms with van der Waals surface area (Å²) in [6, 6.07) is 1.77. The zero-order valence-electron chi connectivity index (χ0n) is 9.88. The average molecular weight is 262 g/mol. The molecule has 0 saturated heterocycles. The number of hydrogen-bond donors (Lipinski definition) is 2. The van der Waals surface area contributed by atoms with Crippen LogP contribution in [0.5, 0.6) is 0 Å². The van der Waals surface area contributed by atoms with E-state index in [9.17, 15) is 23.1 Å². The van der Waals surface area contributed by atoms with Crippen molar-refractivity contribution < 1.29 is 23.1 Å². The van der Waals surface area contributed by atoms with E-state index < -0.39 is 23.2 Å². The Balaban J connectivity index is 2.71. The standard InChI is InChI=1S/C11H13F3N2O2/c1-10(2,18)6-16-9(17)8-4-3-7(5-15-8)11(12,13)14/h3-5,18H,6H2,1-2H3,(H,16,17). The highest BCUT2D eigenvalue weighted by Crippen LogP contribution is 2.28. The second kappa shape index (κ2) is 4.93. The molecule has 100 valence electrons. The largest absolute Gasteiger partial charge is 0.417 e. The number of alkyl halides is 3. The SMILES string of the molecule is CC(C)(O)CNC(=O)c1ccc(C(F)(F)F)cn1. The Morgan fingerprint density at radius 3 is 2.39 bits per heavy atom. The molecule has 1 rings (SSSR count). The first kappa shape index (κ1) is 14.4. The lowest BCUT2D eigenvalue weighted by atomic mass is 10.1. The van der Waals surface area contributed by atoms with Crippen molar-refractivity contribution in [2.75, 3.05) is 6.54 Å². The van der Waals surface area contributed by atoms with Crippen molar-refractivity contribution in [1.82, 2.24) is 10.3 Å². The molecule has 0 aliphatic carbocycles. The lowest BCUT2D eigenvalue weighted by Gasteiger charge is -2.17. The molecule has 0 bridgehead atoms. The minimum Gasteiger partial charge on any atom is -0.389 e. The summed E-state index contributed by atoms with van der Waals surface area (Å²) in [7, 11) is 0. The molecule has 0 aromatic carbocycles. The maximum atomic E-state index is 12.3. The van der Waals surface area contributed by atoms with E-state index in [1.807, 2.05) is 0 Å². The monoisotopic (exact) mass is 262 g/mol. The molecule has 18 heavy (non-hydrogen) atoms. The number of carbonyl (C=O) groups is 1. The van der Waals surface area contributed by atoms with Crippen LogP contribution in [0.2, 0.25) is 0 Å². The fourth-order valence-electron chi connectivity index (χ4n) is 1.08. The number of nitrogens with zero attached hydrogens (tertiary/aromatic N) is 1. The van der Waals surface area contributed by atoms with Gasteiger partial charge >= 0.3 is 6.18 Å². The van der Waals surface area contributed by atoms with E-state index in [0.29, 0.717) is 6.20 Å². The number of pyridine rings is 1. The van der Waals surface area contributed by atoms with Gasteiger partial charge < -0.3 is 10.4 Å². The highest BCUT2D eigenvalue weighted by atomic mass is 19.4. The molecule has 4 nitrogen and oxygen atoms in total. The van der Waals surface area contributed by atoms with Crippen molar-refractivity contribution in [2.45, 2.75) is 25.6 Å². The molecule has 2 N–H and O–H groups in total. The van der Waals surface area contributed by atoms with Crippen LogP contribution in [0, 0.1) is 0 Å². The van der Waals surface area contributed by atoms with Crippen LogP contribution in [0.4, 0.5) is 13.2 Å². The topological polar surface area (TPSA) is 62.2 Å². The molecule has 1 aromatic rings. The molecule has 0 atom stereocenters. The Bertz CT molecular complexity index is 421. The van der Waals surface area contributed by atoms with Crippen LogP contribution in [-0.4, -0.2) is 28.1 Å². The molecule has 1 aromatic heterocycles. The number of rotatable bonds is 3. The fraction of sp³-hybridized carbons (Fsp3) is 0.455. The van der Waals surface area contributed by atoms with Gasteiger partial charge in [-0.1, -0.05) is 0 Å². The molecular weight excluding hydrogens is 249 g/mol. The highest BCUT2D eigenvalue weighted by molar-refractivity contribution is 5.92. The molecule has 0 saturated carbocycles. The predicted molar refractivity (Wildman–Crippen MR) is 57.9 cm³/mol. The molecule has 0 fully saturated rings. The van der Waals surface area contributed by atoms with Crippen molar-refractivity contribution >= 4 is 5.91 Å². The minimum atomic E-state index is -4.48. The molecule has 0 aliphatic heterocycles. The van der Waals surface area contributed by atoms with Crippen molar-refractivity contribution in [3.05, 3.63) is 29.6 Å². The van der Waals surface area contributed by atoms with Gasteiger partial charge in [-0.2, -0.15) is 13.2 Å². The summed E-state index contributed by atoms with van der Waals surface area (Å²) in [6.07, 6.45) is -3.88. The number of aliphatic hydroxyl groups is 1. The minimum absolute atomic E-state index is 0.0193. The van der Waals surface area contributed by atoms with E-state index in [4.69, 9.17) is 0 Å². The summed E-state index contributed by atoms with van der Waals surface area (Å²) in [5.74, 6) is -0.633. The van der Waals surface area contributed by atoms with E-state index >= 15 is 0 Å². The van der Waals surface area contributed by atoms with E-state index in [0.717, 1.165) is 12.1 Å². The summed E-state index contributed by atoms with van der Waals surface area (Å²) < 4.78 is 36.8. The molecule has 1 heterocycles. The summed E-state index contributed by atoms with van der Waals surface area (Å²) in [5, 5.41) is 11.7. The van der Waals surface area contributed by atoms with Crippen molar-refractivity contribution in [3.63, 3.8) is 0 Å². The molecule has 0 radical (unpaired) electrons. The van der Waals surface area contributed by atoms with Crippen LogP contribution < -0.4 is 5.32 Å². The van der Waals surface area contributed by atoms with Crippen LogP contribution in [0.1, 0.15) is 29.9 Å². The lowest BCUT2D eigenvalue weighted by Crippen LogP contribution is -2.38. The summed E-state index contributed by atoms with van der Waals surface area (Å²) in [4.78, 5) is 14.9. The van der Waals surface area contributed by atoms with E-state index in [1.165, 1.54) is 13.8 Å². The van der Waals surface area contributed by atoms with Crippen molar-refractivity contribution in [1.29, 1.82) is 0 Å². The summed E-state index contributed by atoms with van der Waals surface area (Å²) in [5.41, 5.74) is -2.14. The summed E-state index contributed by atoms with van der Waals surface area (Å²) >= 11 is 0. The van der Waals surface area contributed by atoms with Gasteiger partial charge in [0.1, 0.15) is 5.69 Å². The van der Waals surface area contributed by atoms with Crippen LogP contribution in [0.15, 0.2) is 18.3 Å². The van der Waals surface area contributed by atoms with Crippen molar-refractivity contribution in [3.8, 4) is 0 Å². The van der Waals surface area contributed by atoms with Gasteiger partial charge in [0.2, 0.25) is 0 Å². The van der Waals surface area contributed by atoms with Gasteiger partial charge in [-0.3, -0.25) is 9.78 Å². The fourth-order valence-corrected chi connectivity index (χ4v) is 1.08. The second-order valence-corrected chi connectivity index (χ2v) is 4.42. The molecule has 0 aliphatic rings. The third-order valence-electron chi connectivity index (χ3n) is 2.01. The zero-order chi connectivity index (χ0) is 14.0. The highest BCUT2D eigenvalue weighted by Gasteiger charge is 2.30. The zero-order valence-corrected chi connectivity index (χ0v) is 9.88. The lowest BCUT2D eigenvalue weighted by molar-refractivity contribution is -0.137. The molecule has 0 spiro atoms. The number of hydrogen-bond acceptors (Lipinski definition) is 3. The van der Waals surface area contributed by atoms with Gasteiger partial charge in [0.25, 0.3) is 5.91 Å². The third kappa shape index (κ3) is 4.33. The number of amides is 1. The quantitative estimate of drug-likeness (QED) is 0.869. The van der Waals surface area contributed by atoms with Gasteiger partial charge in [-0.15, -0.1) is 0 Å². The number of carbonyl (C=O) groups excluding carboxylic acids is 1.